The van der Waals surface area contributed by atoms with Crippen LogP contribution in [0.15, 0.2) is 48.5 Å². The highest BCUT2D eigenvalue weighted by atomic mass is 19.1. The monoisotopic (exact) mass is 245 g/mol. The van der Waals surface area contributed by atoms with E-state index in [0.717, 1.165) is 0 Å². The van der Waals surface area contributed by atoms with Crippen molar-refractivity contribution in [2.75, 3.05) is 0 Å². The molecule has 0 aliphatic rings. The van der Waals surface area contributed by atoms with Crippen molar-refractivity contribution in [2.24, 2.45) is 5.73 Å². The first-order chi connectivity index (χ1) is 8.66. The normalized spacial score (nSPS) is 10.1. The van der Waals surface area contributed by atoms with Gasteiger partial charge in [-0.25, -0.2) is 4.39 Å². The van der Waals surface area contributed by atoms with Gasteiger partial charge in [-0.3, -0.25) is 4.79 Å². The minimum Gasteiger partial charge on any atom is -0.489 e. The van der Waals surface area contributed by atoms with Crippen LogP contribution < -0.4 is 10.5 Å². The van der Waals surface area contributed by atoms with Gasteiger partial charge in [-0.05, 0) is 30.3 Å². The Morgan fingerprint density at radius 3 is 2.56 bits per heavy atom. The third-order valence-electron chi connectivity index (χ3n) is 2.47. The Morgan fingerprint density at radius 1 is 1.17 bits per heavy atom. The third kappa shape index (κ3) is 2.85. The highest BCUT2D eigenvalue weighted by Crippen LogP contribution is 2.15. The zero-order chi connectivity index (χ0) is 13.0. The van der Waals surface area contributed by atoms with Gasteiger partial charge < -0.3 is 10.5 Å². The molecule has 0 heterocycles. The minimum absolute atomic E-state index is 0.0525. The molecule has 0 aliphatic heterocycles. The molecule has 4 heteroatoms. The van der Waals surface area contributed by atoms with Crippen LogP contribution in [0, 0.1) is 5.82 Å². The highest BCUT2D eigenvalue weighted by molar-refractivity contribution is 5.92. The van der Waals surface area contributed by atoms with Crippen molar-refractivity contribution in [2.45, 2.75) is 6.61 Å². The molecule has 0 bridgehead atoms. The number of carbonyl (C=O) groups is 1. The molecule has 1 amide bonds. The van der Waals surface area contributed by atoms with Gasteiger partial charge in [-0.15, -0.1) is 0 Å². The molecule has 92 valence electrons. The maximum absolute atomic E-state index is 13.5. The number of ether oxygens (including phenoxy) is 1. The van der Waals surface area contributed by atoms with Crippen LogP contribution in [-0.4, -0.2) is 5.91 Å². The summed E-state index contributed by atoms with van der Waals surface area (Å²) < 4.78 is 18.9. The number of carbonyl (C=O) groups excluding carboxylic acids is 1. The molecule has 2 N–H and O–H groups in total. The fraction of sp³-hybridized carbons (Fsp3) is 0.0714. The summed E-state index contributed by atoms with van der Waals surface area (Å²) in [7, 11) is 0. The van der Waals surface area contributed by atoms with E-state index in [9.17, 15) is 9.18 Å². The number of rotatable bonds is 4. The summed E-state index contributed by atoms with van der Waals surface area (Å²) >= 11 is 0. The van der Waals surface area contributed by atoms with Gasteiger partial charge in [0.05, 0.1) is 0 Å². The van der Waals surface area contributed by atoms with E-state index >= 15 is 0 Å². The van der Waals surface area contributed by atoms with E-state index in [2.05, 4.69) is 0 Å². The number of hydrogen-bond acceptors (Lipinski definition) is 2. The summed E-state index contributed by atoms with van der Waals surface area (Å²) in [6.07, 6.45) is 0. The lowest BCUT2D eigenvalue weighted by Gasteiger charge is -2.07. The van der Waals surface area contributed by atoms with Crippen LogP contribution >= 0.6 is 0 Å². The minimum atomic E-state index is -0.587. The number of nitrogens with two attached hydrogens (primary N) is 1. The first-order valence-corrected chi connectivity index (χ1v) is 5.43. The van der Waals surface area contributed by atoms with Gasteiger partial charge in [-0.1, -0.05) is 18.2 Å². The molecule has 0 saturated carbocycles. The van der Waals surface area contributed by atoms with Gasteiger partial charge in [0, 0.05) is 11.1 Å². The second-order valence-corrected chi connectivity index (χ2v) is 3.77. The largest absolute Gasteiger partial charge is 0.489 e. The molecule has 0 fully saturated rings. The predicted octanol–water partition coefficient (Wildman–Crippen LogP) is 2.50. The van der Waals surface area contributed by atoms with Crippen molar-refractivity contribution in [1.82, 2.24) is 0 Å². The molecular formula is C14H12FNO2. The summed E-state index contributed by atoms with van der Waals surface area (Å²) in [5.41, 5.74) is 5.71. The Balaban J connectivity index is 2.14. The van der Waals surface area contributed by atoms with Crippen molar-refractivity contribution in [1.29, 1.82) is 0 Å². The van der Waals surface area contributed by atoms with Crippen LogP contribution in [0.1, 0.15) is 15.9 Å². The lowest BCUT2D eigenvalue weighted by atomic mass is 10.1. The van der Waals surface area contributed by atoms with Crippen LogP contribution in [0.4, 0.5) is 4.39 Å². The first kappa shape index (κ1) is 12.1. The number of primary amides is 1. The summed E-state index contributed by atoms with van der Waals surface area (Å²) in [6, 6.07) is 13.0. The Hall–Kier alpha value is -2.36. The number of para-hydroxylation sites is 1. The highest BCUT2D eigenvalue weighted by Gasteiger charge is 2.07. The van der Waals surface area contributed by atoms with Gasteiger partial charge in [0.25, 0.3) is 0 Å². The second kappa shape index (κ2) is 5.31. The second-order valence-electron chi connectivity index (χ2n) is 3.77. The van der Waals surface area contributed by atoms with Crippen molar-refractivity contribution < 1.29 is 13.9 Å². The number of benzene rings is 2. The predicted molar refractivity (Wildman–Crippen MR) is 65.7 cm³/mol. The molecule has 0 aromatic heterocycles. The average molecular weight is 245 g/mol. The fourth-order valence-corrected chi connectivity index (χ4v) is 1.52. The van der Waals surface area contributed by atoms with Crippen molar-refractivity contribution in [3.05, 3.63) is 65.5 Å². The van der Waals surface area contributed by atoms with Crippen molar-refractivity contribution >= 4 is 5.91 Å². The molecule has 0 unspecified atom stereocenters. The van der Waals surface area contributed by atoms with Crippen LogP contribution in [-0.2, 0) is 6.61 Å². The van der Waals surface area contributed by atoms with E-state index in [4.69, 9.17) is 10.5 Å². The summed E-state index contributed by atoms with van der Waals surface area (Å²) in [5.74, 6) is -0.367. The first-order valence-electron chi connectivity index (χ1n) is 5.43. The molecule has 18 heavy (non-hydrogen) atoms. The lowest BCUT2D eigenvalue weighted by Crippen LogP contribution is -2.12. The van der Waals surface area contributed by atoms with E-state index in [-0.39, 0.29) is 12.2 Å². The zero-order valence-electron chi connectivity index (χ0n) is 9.60. The molecule has 0 atom stereocenters. The zero-order valence-corrected chi connectivity index (χ0v) is 9.60. The van der Waals surface area contributed by atoms with Gasteiger partial charge in [-0.2, -0.15) is 0 Å². The number of halogens is 1. The number of hydrogen-bond donors (Lipinski definition) is 1. The molecular weight excluding hydrogens is 233 g/mol. The smallest absolute Gasteiger partial charge is 0.248 e. The van der Waals surface area contributed by atoms with E-state index in [0.29, 0.717) is 11.3 Å². The summed E-state index contributed by atoms with van der Waals surface area (Å²) in [4.78, 5) is 11.0. The molecule has 2 rings (SSSR count). The van der Waals surface area contributed by atoms with Crippen molar-refractivity contribution in [3.63, 3.8) is 0 Å². The third-order valence-corrected chi connectivity index (χ3v) is 2.47. The summed E-state index contributed by atoms with van der Waals surface area (Å²) in [6.45, 7) is 0.0525. The lowest BCUT2D eigenvalue weighted by molar-refractivity contribution is 0.1000. The standard InChI is InChI=1S/C14H12FNO2/c15-13-7-6-10(14(16)17)8-11(13)9-18-12-4-2-1-3-5-12/h1-8H,9H2,(H2,16,17). The van der Waals surface area contributed by atoms with Crippen LogP contribution in [0.5, 0.6) is 5.75 Å². The Labute approximate surface area is 104 Å². The topological polar surface area (TPSA) is 52.3 Å². The molecule has 2 aromatic carbocycles. The van der Waals surface area contributed by atoms with E-state index in [1.54, 1.807) is 12.1 Å². The maximum Gasteiger partial charge on any atom is 0.248 e. The van der Waals surface area contributed by atoms with Gasteiger partial charge in [0.15, 0.2) is 0 Å². The molecule has 0 aliphatic carbocycles. The van der Waals surface area contributed by atoms with E-state index in [1.165, 1.54) is 18.2 Å². The molecule has 0 spiro atoms. The SMILES string of the molecule is NC(=O)c1ccc(F)c(COc2ccccc2)c1. The number of amides is 1. The fourth-order valence-electron chi connectivity index (χ4n) is 1.52. The average Bonchev–Trinajstić information content (AvgIpc) is 2.38. The quantitative estimate of drug-likeness (QED) is 0.899. The van der Waals surface area contributed by atoms with Gasteiger partial charge in [0.1, 0.15) is 18.2 Å². The van der Waals surface area contributed by atoms with Crippen LogP contribution in [0.25, 0.3) is 0 Å². The Bertz CT molecular complexity index is 555. The van der Waals surface area contributed by atoms with Crippen molar-refractivity contribution in [3.8, 4) is 5.75 Å². The van der Waals surface area contributed by atoms with Crippen LogP contribution in [0.2, 0.25) is 0 Å². The molecule has 0 saturated heterocycles. The summed E-state index contributed by atoms with van der Waals surface area (Å²) in [5, 5.41) is 0. The van der Waals surface area contributed by atoms with E-state index in [1.807, 2.05) is 18.2 Å². The molecule has 2 aromatic rings. The molecule has 3 nitrogen and oxygen atoms in total. The Kier molecular flexibility index (Phi) is 3.57. The van der Waals surface area contributed by atoms with Gasteiger partial charge >= 0.3 is 0 Å². The van der Waals surface area contributed by atoms with Crippen LogP contribution in [0.3, 0.4) is 0 Å². The molecule has 0 radical (unpaired) electrons. The van der Waals surface area contributed by atoms with E-state index < -0.39 is 11.7 Å². The Morgan fingerprint density at radius 2 is 1.89 bits per heavy atom. The maximum atomic E-state index is 13.5. The van der Waals surface area contributed by atoms with Gasteiger partial charge in [0.2, 0.25) is 5.91 Å².